The number of halogens is 3. The molecule has 33 heavy (non-hydrogen) atoms. The highest BCUT2D eigenvalue weighted by atomic mass is 19.2. The van der Waals surface area contributed by atoms with E-state index in [1.165, 1.54) is 12.1 Å². The van der Waals surface area contributed by atoms with Crippen molar-refractivity contribution in [1.82, 2.24) is 15.1 Å². The molecular weight excluding hydrogens is 445 g/mol. The summed E-state index contributed by atoms with van der Waals surface area (Å²) in [7, 11) is 0. The number of nitrogens with zero attached hydrogens (tertiary/aromatic N) is 2. The molecule has 0 radical (unpaired) electrons. The summed E-state index contributed by atoms with van der Waals surface area (Å²) in [6.45, 7) is 0.449. The zero-order valence-corrected chi connectivity index (χ0v) is 17.2. The van der Waals surface area contributed by atoms with Gasteiger partial charge in [0, 0.05) is 11.9 Å². The van der Waals surface area contributed by atoms with Crippen molar-refractivity contribution in [3.05, 3.63) is 69.9 Å². The molecule has 2 aromatic carbocycles. The summed E-state index contributed by atoms with van der Waals surface area (Å²) in [6.07, 6.45) is 0. The van der Waals surface area contributed by atoms with Crippen molar-refractivity contribution in [1.29, 1.82) is 0 Å². The molecule has 2 N–H and O–H groups in total. The number of aromatic nitrogens is 2. The summed E-state index contributed by atoms with van der Waals surface area (Å²) in [5.41, 5.74) is -1.15. The van der Waals surface area contributed by atoms with E-state index in [2.05, 4.69) is 10.4 Å². The van der Waals surface area contributed by atoms with Gasteiger partial charge in [-0.05, 0) is 25.1 Å². The fourth-order valence-electron chi connectivity index (χ4n) is 2.85. The number of carbonyl (C=O) groups is 3. The van der Waals surface area contributed by atoms with Gasteiger partial charge in [-0.1, -0.05) is 18.2 Å². The van der Waals surface area contributed by atoms with Gasteiger partial charge in [0.05, 0.1) is 17.6 Å². The van der Waals surface area contributed by atoms with Gasteiger partial charge in [0.25, 0.3) is 11.5 Å². The van der Waals surface area contributed by atoms with Gasteiger partial charge in [-0.2, -0.15) is 5.10 Å². The number of amides is 2. The maximum Gasteiger partial charge on any atom is 0.359 e. The lowest BCUT2D eigenvalue weighted by atomic mass is 10.1. The third kappa shape index (κ3) is 5.17. The molecule has 0 aliphatic heterocycles. The summed E-state index contributed by atoms with van der Waals surface area (Å²) < 4.78 is 45.7. The molecule has 0 spiro atoms. The fourth-order valence-corrected chi connectivity index (χ4v) is 2.85. The number of rotatable bonds is 7. The molecule has 0 fully saturated rings. The molecule has 0 bridgehead atoms. The number of aryl methyl sites for hydroxylation is 1. The average Bonchev–Trinajstić information content (AvgIpc) is 2.82. The van der Waals surface area contributed by atoms with E-state index in [4.69, 9.17) is 4.74 Å². The number of nitrogens with one attached hydrogen (secondary N) is 2. The second-order valence-electron chi connectivity index (χ2n) is 6.64. The number of esters is 1. The van der Waals surface area contributed by atoms with Gasteiger partial charge < -0.3 is 15.4 Å². The molecule has 3 rings (SSSR count). The number of anilines is 1. The van der Waals surface area contributed by atoms with Gasteiger partial charge in [0.2, 0.25) is 5.91 Å². The van der Waals surface area contributed by atoms with Crippen LogP contribution in [0.1, 0.15) is 17.4 Å². The number of hydrogen-bond donors (Lipinski definition) is 2. The van der Waals surface area contributed by atoms with Crippen molar-refractivity contribution in [3.8, 4) is 0 Å². The van der Waals surface area contributed by atoms with Crippen LogP contribution >= 0.6 is 0 Å². The number of carbonyl (C=O) groups excluding carboxylic acids is 3. The van der Waals surface area contributed by atoms with Crippen LogP contribution in [-0.4, -0.2) is 40.7 Å². The monoisotopic (exact) mass is 462 g/mol. The standard InChI is InChI=1S/C21H17F3N4O5/c1-2-28-20(31)12-6-4-3-5-11(12)19(27-28)21(32)33-10-16(30)25-9-15(29)26-14-8-7-13(22)17(23)18(14)24/h3-8H,2,9-10H2,1H3,(H,25,30)(H,26,29). The van der Waals surface area contributed by atoms with Crippen molar-refractivity contribution >= 4 is 34.2 Å². The summed E-state index contributed by atoms with van der Waals surface area (Å²) in [4.78, 5) is 48.5. The Morgan fingerprint density at radius 1 is 1.00 bits per heavy atom. The van der Waals surface area contributed by atoms with E-state index in [0.29, 0.717) is 6.07 Å². The second kappa shape index (κ2) is 9.94. The van der Waals surface area contributed by atoms with E-state index in [-0.39, 0.29) is 28.6 Å². The van der Waals surface area contributed by atoms with E-state index in [1.807, 2.05) is 5.32 Å². The smallest absolute Gasteiger partial charge is 0.359 e. The van der Waals surface area contributed by atoms with Gasteiger partial charge in [-0.25, -0.2) is 22.6 Å². The van der Waals surface area contributed by atoms with E-state index < -0.39 is 54.1 Å². The van der Waals surface area contributed by atoms with Gasteiger partial charge in [0.15, 0.2) is 29.8 Å². The van der Waals surface area contributed by atoms with Crippen LogP contribution in [-0.2, 0) is 20.9 Å². The molecule has 0 saturated heterocycles. The molecular formula is C21H17F3N4O5. The Balaban J connectivity index is 1.59. The van der Waals surface area contributed by atoms with Crippen molar-refractivity contribution < 1.29 is 32.3 Å². The Kier molecular flexibility index (Phi) is 7.06. The predicted octanol–water partition coefficient (Wildman–Crippen LogP) is 1.75. The maximum absolute atomic E-state index is 13.6. The first-order valence-corrected chi connectivity index (χ1v) is 9.60. The Morgan fingerprint density at radius 2 is 1.70 bits per heavy atom. The van der Waals surface area contributed by atoms with Gasteiger partial charge >= 0.3 is 5.97 Å². The minimum atomic E-state index is -1.75. The van der Waals surface area contributed by atoms with E-state index in [9.17, 15) is 32.3 Å². The minimum absolute atomic E-state index is 0.161. The van der Waals surface area contributed by atoms with Crippen LogP contribution in [0, 0.1) is 17.5 Å². The topological polar surface area (TPSA) is 119 Å². The van der Waals surface area contributed by atoms with Crippen LogP contribution in [0.15, 0.2) is 41.2 Å². The van der Waals surface area contributed by atoms with Crippen LogP contribution in [0.4, 0.5) is 18.9 Å². The Hall–Kier alpha value is -4.22. The highest BCUT2D eigenvalue weighted by Crippen LogP contribution is 2.19. The lowest BCUT2D eigenvalue weighted by Gasteiger charge is -2.10. The summed E-state index contributed by atoms with van der Waals surface area (Å²) >= 11 is 0. The molecule has 1 aromatic heterocycles. The average molecular weight is 462 g/mol. The number of hydrogen-bond acceptors (Lipinski definition) is 6. The first-order chi connectivity index (χ1) is 15.7. The van der Waals surface area contributed by atoms with Gasteiger partial charge in [-0.15, -0.1) is 0 Å². The van der Waals surface area contributed by atoms with E-state index in [1.54, 1.807) is 19.1 Å². The lowest BCUT2D eigenvalue weighted by Crippen LogP contribution is -2.36. The number of fused-ring (bicyclic) bond motifs is 1. The van der Waals surface area contributed by atoms with Crippen molar-refractivity contribution in [2.45, 2.75) is 13.5 Å². The van der Waals surface area contributed by atoms with Crippen molar-refractivity contribution in [2.75, 3.05) is 18.5 Å². The molecule has 2 amide bonds. The minimum Gasteiger partial charge on any atom is -0.451 e. The molecule has 0 saturated carbocycles. The Morgan fingerprint density at radius 3 is 2.39 bits per heavy atom. The third-order valence-electron chi connectivity index (χ3n) is 4.45. The zero-order chi connectivity index (χ0) is 24.1. The second-order valence-corrected chi connectivity index (χ2v) is 6.64. The van der Waals surface area contributed by atoms with Crippen molar-refractivity contribution in [3.63, 3.8) is 0 Å². The van der Waals surface area contributed by atoms with Crippen LogP contribution in [0.25, 0.3) is 10.8 Å². The third-order valence-corrected chi connectivity index (χ3v) is 4.45. The summed E-state index contributed by atoms with van der Waals surface area (Å²) in [5.74, 6) is -7.51. The number of ether oxygens (including phenoxy) is 1. The Labute approximate surface area is 184 Å². The van der Waals surface area contributed by atoms with Crippen molar-refractivity contribution in [2.24, 2.45) is 0 Å². The fraction of sp³-hybridized carbons (Fsp3) is 0.190. The van der Waals surface area contributed by atoms with Crippen LogP contribution in [0.3, 0.4) is 0 Å². The molecule has 0 aliphatic carbocycles. The highest BCUT2D eigenvalue weighted by Gasteiger charge is 2.19. The summed E-state index contributed by atoms with van der Waals surface area (Å²) in [6, 6.07) is 7.74. The highest BCUT2D eigenvalue weighted by molar-refractivity contribution is 6.02. The van der Waals surface area contributed by atoms with Crippen LogP contribution < -0.4 is 16.2 Å². The molecule has 172 valence electrons. The maximum atomic E-state index is 13.6. The van der Waals surface area contributed by atoms with Gasteiger partial charge in [-0.3, -0.25) is 14.4 Å². The molecule has 1 heterocycles. The lowest BCUT2D eigenvalue weighted by molar-refractivity contribution is -0.126. The van der Waals surface area contributed by atoms with Crippen LogP contribution in [0.5, 0.6) is 0 Å². The van der Waals surface area contributed by atoms with Crippen LogP contribution in [0.2, 0.25) is 0 Å². The summed E-state index contributed by atoms with van der Waals surface area (Å²) in [5, 5.41) is 8.60. The predicted molar refractivity (Wildman–Crippen MR) is 110 cm³/mol. The zero-order valence-electron chi connectivity index (χ0n) is 17.2. The van der Waals surface area contributed by atoms with E-state index >= 15 is 0 Å². The van der Waals surface area contributed by atoms with Gasteiger partial charge in [0.1, 0.15) is 0 Å². The SMILES string of the molecule is CCn1nc(C(=O)OCC(=O)NCC(=O)Nc2ccc(F)c(F)c2F)c2ccccc2c1=O. The normalized spacial score (nSPS) is 10.7. The molecule has 0 unspecified atom stereocenters. The Bertz CT molecular complexity index is 1310. The largest absolute Gasteiger partial charge is 0.451 e. The first-order valence-electron chi connectivity index (χ1n) is 9.60. The number of benzene rings is 2. The molecule has 9 nitrogen and oxygen atoms in total. The molecule has 0 aliphatic rings. The molecule has 3 aromatic rings. The molecule has 0 atom stereocenters. The quantitative estimate of drug-likeness (QED) is 0.408. The molecule has 12 heteroatoms. The van der Waals surface area contributed by atoms with E-state index in [0.717, 1.165) is 10.7 Å². The first kappa shape index (κ1) is 23.4.